The number of anilines is 1. The Kier molecular flexibility index (Phi) is 3.65. The van der Waals surface area contributed by atoms with Gasteiger partial charge >= 0.3 is 0 Å². The number of carbonyl (C=O) groups excluding carboxylic acids is 1. The molecule has 1 aromatic carbocycles. The highest BCUT2D eigenvalue weighted by Crippen LogP contribution is 2.49. The first-order valence-electron chi connectivity index (χ1n) is 6.54. The van der Waals surface area contributed by atoms with Crippen LogP contribution in [0.4, 0.5) is 5.95 Å². The van der Waals surface area contributed by atoms with Crippen LogP contribution in [0.1, 0.15) is 17.9 Å². The van der Waals surface area contributed by atoms with Crippen LogP contribution in [0.3, 0.4) is 0 Å². The van der Waals surface area contributed by atoms with Crippen molar-refractivity contribution in [3.63, 3.8) is 0 Å². The molecule has 1 aromatic heterocycles. The molecule has 1 saturated carbocycles. The second kappa shape index (κ2) is 5.36. The number of aromatic amines is 1. The minimum Gasteiger partial charge on any atom is -0.293 e. The van der Waals surface area contributed by atoms with E-state index in [-0.39, 0.29) is 28.8 Å². The summed E-state index contributed by atoms with van der Waals surface area (Å²) in [5.74, 6) is -0.429. The fraction of sp³-hybridized carbons (Fsp3) is 0.308. The summed E-state index contributed by atoms with van der Waals surface area (Å²) in [6.07, 6.45) is 1.70. The molecular weight excluding hydrogens is 328 g/mol. The summed E-state index contributed by atoms with van der Waals surface area (Å²) < 4.78 is 22.6. The molecule has 22 heavy (non-hydrogen) atoms. The van der Waals surface area contributed by atoms with Crippen molar-refractivity contribution in [1.82, 2.24) is 15.2 Å². The Morgan fingerprint density at radius 2 is 2.14 bits per heavy atom. The highest BCUT2D eigenvalue weighted by atomic mass is 35.5. The summed E-state index contributed by atoms with van der Waals surface area (Å²) in [6, 6.07) is 7.40. The molecule has 0 aliphatic heterocycles. The highest BCUT2D eigenvalue weighted by molar-refractivity contribution is 7.90. The summed E-state index contributed by atoms with van der Waals surface area (Å²) in [5.41, 5.74) is 0.941. The summed E-state index contributed by atoms with van der Waals surface area (Å²) in [4.78, 5) is 15.9. The lowest BCUT2D eigenvalue weighted by Crippen LogP contribution is -2.15. The fourth-order valence-corrected chi connectivity index (χ4v) is 3.02. The normalized spacial score (nSPS) is 20.6. The smallest absolute Gasteiger partial charge is 0.249 e. The maximum atomic E-state index is 12.1. The Labute approximate surface area is 132 Å². The lowest BCUT2D eigenvalue weighted by atomic mass is 10.1. The van der Waals surface area contributed by atoms with Gasteiger partial charge in [0.1, 0.15) is 0 Å². The van der Waals surface area contributed by atoms with Crippen LogP contribution in [-0.2, 0) is 14.6 Å². The number of hydrogen-bond acceptors (Lipinski definition) is 5. The molecule has 1 heterocycles. The van der Waals surface area contributed by atoms with Crippen LogP contribution < -0.4 is 5.32 Å². The maximum Gasteiger partial charge on any atom is 0.249 e. The molecule has 2 atom stereocenters. The van der Waals surface area contributed by atoms with E-state index in [1.165, 1.54) is 0 Å². The van der Waals surface area contributed by atoms with E-state index in [4.69, 9.17) is 11.6 Å². The number of hydrogen-bond donors (Lipinski definition) is 2. The quantitative estimate of drug-likeness (QED) is 0.879. The van der Waals surface area contributed by atoms with E-state index in [2.05, 4.69) is 20.5 Å². The minimum absolute atomic E-state index is 0.0461. The summed E-state index contributed by atoms with van der Waals surface area (Å²) in [7, 11) is -3.48. The Hall–Kier alpha value is -1.93. The lowest BCUT2D eigenvalue weighted by Gasteiger charge is -2.03. The van der Waals surface area contributed by atoms with Gasteiger partial charge in [-0.3, -0.25) is 10.1 Å². The van der Waals surface area contributed by atoms with Crippen molar-refractivity contribution < 1.29 is 13.2 Å². The first kappa shape index (κ1) is 15.0. The molecule has 3 rings (SSSR count). The highest BCUT2D eigenvalue weighted by Gasteiger charge is 2.45. The van der Waals surface area contributed by atoms with Gasteiger partial charge in [0.25, 0.3) is 0 Å². The molecule has 7 nitrogen and oxygen atoms in total. The zero-order chi connectivity index (χ0) is 15.9. The summed E-state index contributed by atoms with van der Waals surface area (Å²) in [5, 5.41) is 8.83. The molecule has 1 fully saturated rings. The third-order valence-electron chi connectivity index (χ3n) is 3.48. The molecule has 2 aromatic rings. The molecule has 0 bridgehead atoms. The lowest BCUT2D eigenvalue weighted by molar-refractivity contribution is -0.117. The van der Waals surface area contributed by atoms with E-state index in [0.29, 0.717) is 11.4 Å². The van der Waals surface area contributed by atoms with Gasteiger partial charge in [0.15, 0.2) is 0 Å². The number of aromatic nitrogens is 3. The van der Waals surface area contributed by atoms with E-state index in [9.17, 15) is 13.2 Å². The predicted molar refractivity (Wildman–Crippen MR) is 80.4 cm³/mol. The summed E-state index contributed by atoms with van der Waals surface area (Å²) >= 11 is 6.11. The van der Waals surface area contributed by atoms with Gasteiger partial charge in [0, 0.05) is 17.2 Å². The summed E-state index contributed by atoms with van der Waals surface area (Å²) in [6.45, 7) is 0. The number of nitrogens with zero attached hydrogens (tertiary/aromatic N) is 2. The molecule has 0 radical (unpaired) electrons. The van der Waals surface area contributed by atoms with Crippen LogP contribution in [0, 0.1) is 5.92 Å². The average molecular weight is 341 g/mol. The largest absolute Gasteiger partial charge is 0.293 e. The van der Waals surface area contributed by atoms with Gasteiger partial charge in [-0.05, 0) is 24.0 Å². The average Bonchev–Trinajstić information content (AvgIpc) is 3.09. The van der Waals surface area contributed by atoms with Crippen molar-refractivity contribution in [2.24, 2.45) is 5.92 Å². The predicted octanol–water partition coefficient (Wildman–Crippen LogP) is 1.60. The number of nitrogens with one attached hydrogen (secondary N) is 2. The first-order valence-corrected chi connectivity index (χ1v) is 8.81. The van der Waals surface area contributed by atoms with Crippen molar-refractivity contribution >= 4 is 33.3 Å². The van der Waals surface area contributed by atoms with Crippen molar-refractivity contribution in [2.75, 3.05) is 11.6 Å². The SMILES string of the molecule is CS(=O)(=O)c1nc(NC(=O)[C@H]2C[C@H]2c2ccccc2Cl)n[nH]1. The van der Waals surface area contributed by atoms with E-state index in [1.807, 2.05) is 18.2 Å². The third-order valence-corrected chi connectivity index (χ3v) is 4.71. The van der Waals surface area contributed by atoms with Gasteiger partial charge in [0.05, 0.1) is 0 Å². The van der Waals surface area contributed by atoms with Gasteiger partial charge in [0.2, 0.25) is 26.8 Å². The van der Waals surface area contributed by atoms with Crippen LogP contribution in [0.2, 0.25) is 5.02 Å². The van der Waals surface area contributed by atoms with Gasteiger partial charge in [-0.25, -0.2) is 13.5 Å². The third kappa shape index (κ3) is 2.97. The molecule has 1 amide bonds. The van der Waals surface area contributed by atoms with Crippen LogP contribution in [0.5, 0.6) is 0 Å². The molecule has 0 unspecified atom stereocenters. The van der Waals surface area contributed by atoms with Crippen LogP contribution >= 0.6 is 11.6 Å². The molecule has 0 saturated heterocycles. The Balaban J connectivity index is 1.67. The van der Waals surface area contributed by atoms with Gasteiger partial charge in [-0.2, -0.15) is 4.98 Å². The zero-order valence-corrected chi connectivity index (χ0v) is 13.1. The molecule has 1 aliphatic carbocycles. The molecule has 0 spiro atoms. The van der Waals surface area contributed by atoms with E-state index in [1.54, 1.807) is 6.07 Å². The van der Waals surface area contributed by atoms with Crippen LogP contribution in [0.25, 0.3) is 0 Å². The first-order chi connectivity index (χ1) is 10.4. The van der Waals surface area contributed by atoms with Crippen molar-refractivity contribution in [1.29, 1.82) is 0 Å². The van der Waals surface area contributed by atoms with Crippen molar-refractivity contribution in [2.45, 2.75) is 17.5 Å². The molecule has 2 N–H and O–H groups in total. The van der Waals surface area contributed by atoms with Gasteiger partial charge < -0.3 is 0 Å². The van der Waals surface area contributed by atoms with Crippen LogP contribution in [0.15, 0.2) is 29.4 Å². The molecule has 116 valence electrons. The topological polar surface area (TPSA) is 105 Å². The number of sulfone groups is 1. The fourth-order valence-electron chi connectivity index (χ4n) is 2.28. The number of amides is 1. The van der Waals surface area contributed by atoms with Gasteiger partial charge in [-0.1, -0.05) is 29.8 Å². The maximum absolute atomic E-state index is 12.1. The molecule has 1 aliphatic rings. The van der Waals surface area contributed by atoms with Gasteiger partial charge in [-0.15, -0.1) is 5.10 Å². The molecular formula is C13H13ClN4O3S. The standard InChI is InChI=1S/C13H13ClN4O3S/c1-22(20,21)13-16-12(17-18-13)15-11(19)9-6-8(9)7-4-2-3-5-10(7)14/h2-5,8-9H,6H2,1H3,(H2,15,16,17,18,19)/t8-,9-/m0/s1. The molecule has 9 heteroatoms. The van der Waals surface area contributed by atoms with E-state index >= 15 is 0 Å². The number of carbonyl (C=O) groups is 1. The zero-order valence-electron chi connectivity index (χ0n) is 11.6. The Bertz CT molecular complexity index is 833. The number of benzene rings is 1. The number of halogens is 1. The second-order valence-corrected chi connectivity index (χ2v) is 7.53. The monoisotopic (exact) mass is 340 g/mol. The van der Waals surface area contributed by atoms with Crippen molar-refractivity contribution in [3.05, 3.63) is 34.9 Å². The number of H-pyrrole nitrogens is 1. The number of rotatable bonds is 4. The Morgan fingerprint density at radius 3 is 2.77 bits per heavy atom. The van der Waals surface area contributed by atoms with Crippen molar-refractivity contribution in [3.8, 4) is 0 Å². The van der Waals surface area contributed by atoms with Crippen LogP contribution in [-0.4, -0.2) is 35.8 Å². The second-order valence-electron chi connectivity index (χ2n) is 5.20. The Morgan fingerprint density at radius 1 is 1.41 bits per heavy atom. The van der Waals surface area contributed by atoms with E-state index < -0.39 is 9.84 Å². The minimum atomic E-state index is -3.48. The van der Waals surface area contributed by atoms with E-state index in [0.717, 1.165) is 11.8 Å².